The standard InChI is InChI=1S/C11H16N2OS/c1-3-4-11(2,14)7-9-8-13-5-6-15-10(13)12-9/h5-6,8,14H,3-4,7H2,1-2H3. The van der Waals surface area contributed by atoms with Gasteiger partial charge in [-0.2, -0.15) is 0 Å². The van der Waals surface area contributed by atoms with Gasteiger partial charge >= 0.3 is 0 Å². The number of aromatic nitrogens is 2. The van der Waals surface area contributed by atoms with Crippen LogP contribution in [0.1, 0.15) is 32.4 Å². The molecule has 0 bridgehead atoms. The van der Waals surface area contributed by atoms with Gasteiger partial charge in [0.1, 0.15) is 0 Å². The Labute approximate surface area is 93.4 Å². The van der Waals surface area contributed by atoms with E-state index >= 15 is 0 Å². The van der Waals surface area contributed by atoms with Crippen LogP contribution in [0.4, 0.5) is 0 Å². The Morgan fingerprint density at radius 1 is 1.60 bits per heavy atom. The van der Waals surface area contributed by atoms with Gasteiger partial charge in [0.05, 0.1) is 11.3 Å². The molecule has 1 N–H and O–H groups in total. The highest BCUT2D eigenvalue weighted by Gasteiger charge is 2.21. The Balaban J connectivity index is 2.15. The predicted molar refractivity (Wildman–Crippen MR) is 62.3 cm³/mol. The molecule has 2 heterocycles. The molecule has 1 atom stereocenters. The third-order valence-corrected chi connectivity index (χ3v) is 3.26. The fourth-order valence-electron chi connectivity index (χ4n) is 1.88. The van der Waals surface area contributed by atoms with Gasteiger partial charge in [-0.15, -0.1) is 11.3 Å². The number of hydrogen-bond acceptors (Lipinski definition) is 3. The van der Waals surface area contributed by atoms with Gasteiger partial charge in [-0.05, 0) is 13.3 Å². The summed E-state index contributed by atoms with van der Waals surface area (Å²) in [4.78, 5) is 5.46. The topological polar surface area (TPSA) is 37.5 Å². The molecule has 1 unspecified atom stereocenters. The van der Waals surface area contributed by atoms with Gasteiger partial charge in [-0.25, -0.2) is 4.98 Å². The van der Waals surface area contributed by atoms with Crippen LogP contribution < -0.4 is 0 Å². The second-order valence-corrected chi connectivity index (χ2v) is 5.12. The molecule has 2 aromatic rings. The Hall–Kier alpha value is -0.870. The number of nitrogens with zero attached hydrogens (tertiary/aromatic N) is 2. The van der Waals surface area contributed by atoms with E-state index in [0.717, 1.165) is 23.5 Å². The van der Waals surface area contributed by atoms with E-state index < -0.39 is 5.60 Å². The predicted octanol–water partition coefficient (Wildman–Crippen LogP) is 2.49. The van der Waals surface area contributed by atoms with E-state index in [2.05, 4.69) is 11.9 Å². The highest BCUT2D eigenvalue weighted by atomic mass is 32.1. The molecule has 0 aliphatic carbocycles. The Bertz CT molecular complexity index is 416. The van der Waals surface area contributed by atoms with Gasteiger partial charge in [-0.3, -0.25) is 4.40 Å². The summed E-state index contributed by atoms with van der Waals surface area (Å²) in [5.41, 5.74) is 0.346. The molecule has 0 radical (unpaired) electrons. The Kier molecular flexibility index (Phi) is 2.80. The summed E-state index contributed by atoms with van der Waals surface area (Å²) in [7, 11) is 0. The van der Waals surface area contributed by atoms with Crippen LogP contribution in [0.15, 0.2) is 17.8 Å². The molecule has 15 heavy (non-hydrogen) atoms. The highest BCUT2D eigenvalue weighted by molar-refractivity contribution is 7.15. The molecular weight excluding hydrogens is 208 g/mol. The van der Waals surface area contributed by atoms with E-state index in [1.54, 1.807) is 11.3 Å². The largest absolute Gasteiger partial charge is 0.390 e. The first-order chi connectivity index (χ1) is 7.11. The molecule has 82 valence electrons. The van der Waals surface area contributed by atoms with Gasteiger partial charge < -0.3 is 5.11 Å². The van der Waals surface area contributed by atoms with E-state index in [-0.39, 0.29) is 0 Å². The van der Waals surface area contributed by atoms with Crippen molar-refractivity contribution in [2.24, 2.45) is 0 Å². The first-order valence-electron chi connectivity index (χ1n) is 5.24. The van der Waals surface area contributed by atoms with Crippen molar-refractivity contribution in [3.05, 3.63) is 23.5 Å². The van der Waals surface area contributed by atoms with Gasteiger partial charge in [0.15, 0.2) is 4.96 Å². The molecule has 0 aliphatic heterocycles. The second-order valence-electron chi connectivity index (χ2n) is 4.25. The third kappa shape index (κ3) is 2.38. The molecule has 3 nitrogen and oxygen atoms in total. The maximum absolute atomic E-state index is 10.1. The van der Waals surface area contributed by atoms with Crippen molar-refractivity contribution in [2.45, 2.75) is 38.7 Å². The lowest BCUT2D eigenvalue weighted by atomic mass is 9.95. The lowest BCUT2D eigenvalue weighted by molar-refractivity contribution is 0.0497. The van der Waals surface area contributed by atoms with Gasteiger partial charge in [-0.1, -0.05) is 13.3 Å². The molecule has 0 aliphatic rings. The fraction of sp³-hybridized carbons (Fsp3) is 0.545. The molecule has 0 spiro atoms. The molecular formula is C11H16N2OS. The lowest BCUT2D eigenvalue weighted by Crippen LogP contribution is -2.26. The zero-order chi connectivity index (χ0) is 10.9. The van der Waals surface area contributed by atoms with E-state index in [9.17, 15) is 5.11 Å². The summed E-state index contributed by atoms with van der Waals surface area (Å²) < 4.78 is 2.00. The average molecular weight is 224 g/mol. The van der Waals surface area contributed by atoms with Crippen molar-refractivity contribution >= 4 is 16.3 Å². The zero-order valence-electron chi connectivity index (χ0n) is 9.10. The number of rotatable bonds is 4. The van der Waals surface area contributed by atoms with E-state index in [1.807, 2.05) is 29.1 Å². The van der Waals surface area contributed by atoms with Crippen LogP contribution in [0.5, 0.6) is 0 Å². The second kappa shape index (κ2) is 3.94. The number of hydrogen-bond donors (Lipinski definition) is 1. The molecule has 0 saturated heterocycles. The number of imidazole rings is 1. The molecule has 4 heteroatoms. The summed E-state index contributed by atoms with van der Waals surface area (Å²) in [5.74, 6) is 0. The molecule has 2 rings (SSSR count). The van der Waals surface area contributed by atoms with Crippen molar-refractivity contribution in [3.8, 4) is 0 Å². The number of fused-ring (bicyclic) bond motifs is 1. The first kappa shape index (κ1) is 10.6. The van der Waals surface area contributed by atoms with Gasteiger partial charge in [0.25, 0.3) is 0 Å². The minimum absolute atomic E-state index is 0.626. The Morgan fingerprint density at radius 2 is 2.40 bits per heavy atom. The van der Waals surface area contributed by atoms with Crippen molar-refractivity contribution in [1.29, 1.82) is 0 Å². The zero-order valence-corrected chi connectivity index (χ0v) is 9.92. The van der Waals surface area contributed by atoms with Crippen LogP contribution in [0.3, 0.4) is 0 Å². The van der Waals surface area contributed by atoms with Gasteiger partial charge in [0, 0.05) is 24.2 Å². The van der Waals surface area contributed by atoms with Crippen molar-refractivity contribution < 1.29 is 5.11 Å². The monoisotopic (exact) mass is 224 g/mol. The summed E-state index contributed by atoms with van der Waals surface area (Å²) in [6, 6.07) is 0. The van der Waals surface area contributed by atoms with E-state index in [4.69, 9.17) is 0 Å². The van der Waals surface area contributed by atoms with Crippen molar-refractivity contribution in [3.63, 3.8) is 0 Å². The maximum Gasteiger partial charge on any atom is 0.193 e. The molecule has 0 saturated carbocycles. The molecule has 0 amide bonds. The average Bonchev–Trinajstić information content (AvgIpc) is 2.61. The van der Waals surface area contributed by atoms with E-state index in [1.165, 1.54) is 0 Å². The van der Waals surface area contributed by atoms with Crippen LogP contribution in [0.2, 0.25) is 0 Å². The van der Waals surface area contributed by atoms with Crippen molar-refractivity contribution in [2.75, 3.05) is 0 Å². The summed E-state index contributed by atoms with van der Waals surface area (Å²) in [6.07, 6.45) is 6.43. The van der Waals surface area contributed by atoms with Crippen molar-refractivity contribution in [1.82, 2.24) is 9.38 Å². The van der Waals surface area contributed by atoms with Crippen LogP contribution >= 0.6 is 11.3 Å². The lowest BCUT2D eigenvalue weighted by Gasteiger charge is -2.20. The molecule has 0 fully saturated rings. The van der Waals surface area contributed by atoms with E-state index in [0.29, 0.717) is 6.42 Å². The fourth-order valence-corrected chi connectivity index (χ4v) is 2.60. The minimum Gasteiger partial charge on any atom is -0.390 e. The van der Waals surface area contributed by atoms with Crippen LogP contribution in [-0.4, -0.2) is 20.1 Å². The van der Waals surface area contributed by atoms with Crippen LogP contribution in [0.25, 0.3) is 4.96 Å². The third-order valence-electron chi connectivity index (χ3n) is 2.49. The van der Waals surface area contributed by atoms with Crippen LogP contribution in [0, 0.1) is 0 Å². The SMILES string of the molecule is CCCC(C)(O)Cc1cn2ccsc2n1. The normalized spacial score (nSPS) is 15.7. The minimum atomic E-state index is -0.626. The summed E-state index contributed by atoms with van der Waals surface area (Å²) in [5, 5.41) is 12.1. The number of aliphatic hydroxyl groups is 1. The highest BCUT2D eigenvalue weighted by Crippen LogP contribution is 2.19. The van der Waals surface area contributed by atoms with Crippen LogP contribution in [-0.2, 0) is 6.42 Å². The number of thiazole rings is 1. The summed E-state index contributed by atoms with van der Waals surface area (Å²) >= 11 is 1.62. The molecule has 2 aromatic heterocycles. The smallest absolute Gasteiger partial charge is 0.193 e. The quantitative estimate of drug-likeness (QED) is 0.866. The maximum atomic E-state index is 10.1. The van der Waals surface area contributed by atoms with Gasteiger partial charge in [0.2, 0.25) is 0 Å². The summed E-state index contributed by atoms with van der Waals surface area (Å²) in [6.45, 7) is 3.96. The molecule has 0 aromatic carbocycles. The first-order valence-corrected chi connectivity index (χ1v) is 6.12. The Morgan fingerprint density at radius 3 is 3.07 bits per heavy atom.